The zero-order chi connectivity index (χ0) is 19.1. The van der Waals surface area contributed by atoms with Crippen molar-refractivity contribution in [1.29, 1.82) is 0 Å². The molecule has 0 amide bonds. The number of hydrogen-bond donors (Lipinski definition) is 1. The fourth-order valence-electron chi connectivity index (χ4n) is 2.09. The van der Waals surface area contributed by atoms with Crippen molar-refractivity contribution >= 4 is 17.7 Å². The molecule has 2 N–H and O–H groups in total. The maximum Gasteiger partial charge on any atom is 0.146 e. The number of hydrogen-bond acceptors (Lipinski definition) is 4. The normalized spacial score (nSPS) is 11.4. The zero-order valence-electron chi connectivity index (χ0n) is 16.1. The van der Waals surface area contributed by atoms with Gasteiger partial charge in [0.2, 0.25) is 0 Å². The lowest BCUT2D eigenvalue weighted by molar-refractivity contribution is 0.411. The molecule has 0 saturated carbocycles. The van der Waals surface area contributed by atoms with Crippen molar-refractivity contribution in [2.24, 2.45) is 15.8 Å². The van der Waals surface area contributed by atoms with Crippen LogP contribution in [0.5, 0.6) is 5.75 Å². The molecular formula is C20H28N4O. The number of aryl methyl sites for hydroxylation is 1. The fourth-order valence-corrected chi connectivity index (χ4v) is 2.09. The van der Waals surface area contributed by atoms with E-state index in [2.05, 4.69) is 23.3 Å². The third kappa shape index (κ3) is 5.64. The summed E-state index contributed by atoms with van der Waals surface area (Å²) in [4.78, 5) is 4.32. The van der Waals surface area contributed by atoms with Crippen LogP contribution in [0.4, 0.5) is 0 Å². The number of amidine groups is 1. The summed E-state index contributed by atoms with van der Waals surface area (Å²) in [6.45, 7) is 17.9. The van der Waals surface area contributed by atoms with E-state index in [-0.39, 0.29) is 0 Å². The Hall–Kier alpha value is -2.82. The molecule has 0 radical (unpaired) electrons. The molecule has 0 fully saturated rings. The molecule has 0 aliphatic carbocycles. The SMILES string of the molecule is C=C(N=CC=C(C)C)N(/N=C(\C)N)C(=C)c1cc(C)c(C)c(OC)c1. The lowest BCUT2D eigenvalue weighted by Gasteiger charge is -2.22. The zero-order valence-corrected chi connectivity index (χ0v) is 16.1. The van der Waals surface area contributed by atoms with Gasteiger partial charge >= 0.3 is 0 Å². The Balaban J connectivity index is 3.28. The Morgan fingerprint density at radius 3 is 2.36 bits per heavy atom. The van der Waals surface area contributed by atoms with Crippen LogP contribution in [0, 0.1) is 13.8 Å². The quantitative estimate of drug-likeness (QED) is 0.455. The monoisotopic (exact) mass is 340 g/mol. The van der Waals surface area contributed by atoms with Gasteiger partial charge in [-0.25, -0.2) is 10.0 Å². The van der Waals surface area contributed by atoms with Crippen LogP contribution < -0.4 is 10.5 Å². The van der Waals surface area contributed by atoms with E-state index in [0.29, 0.717) is 17.4 Å². The second-order valence-electron chi connectivity index (χ2n) is 6.06. The number of rotatable bonds is 7. The minimum Gasteiger partial charge on any atom is -0.496 e. The number of allylic oxidation sites excluding steroid dienone is 2. The van der Waals surface area contributed by atoms with Gasteiger partial charge in [-0.15, -0.1) is 0 Å². The third-order valence-corrected chi connectivity index (χ3v) is 3.56. The second-order valence-corrected chi connectivity index (χ2v) is 6.06. The highest BCUT2D eigenvalue weighted by atomic mass is 16.5. The van der Waals surface area contributed by atoms with Gasteiger partial charge < -0.3 is 10.5 Å². The highest BCUT2D eigenvalue weighted by Gasteiger charge is 2.15. The van der Waals surface area contributed by atoms with E-state index in [0.717, 1.165) is 28.0 Å². The summed E-state index contributed by atoms with van der Waals surface area (Å²) in [7, 11) is 1.65. The Labute approximate surface area is 150 Å². The van der Waals surface area contributed by atoms with E-state index >= 15 is 0 Å². The summed E-state index contributed by atoms with van der Waals surface area (Å²) in [5.74, 6) is 1.60. The summed E-state index contributed by atoms with van der Waals surface area (Å²) < 4.78 is 5.45. The van der Waals surface area contributed by atoms with Gasteiger partial charge in [-0.2, -0.15) is 5.10 Å². The van der Waals surface area contributed by atoms with Crippen LogP contribution in [-0.4, -0.2) is 24.2 Å². The van der Waals surface area contributed by atoms with Crippen molar-refractivity contribution in [3.63, 3.8) is 0 Å². The van der Waals surface area contributed by atoms with Crippen molar-refractivity contribution in [2.45, 2.75) is 34.6 Å². The van der Waals surface area contributed by atoms with Crippen molar-refractivity contribution in [2.75, 3.05) is 7.11 Å². The van der Waals surface area contributed by atoms with Crippen LogP contribution in [0.15, 0.2) is 52.9 Å². The first kappa shape index (κ1) is 20.2. The smallest absolute Gasteiger partial charge is 0.146 e. The van der Waals surface area contributed by atoms with Gasteiger partial charge in [0.25, 0.3) is 0 Å². The van der Waals surface area contributed by atoms with Crippen LogP contribution in [-0.2, 0) is 0 Å². The molecule has 0 aliphatic rings. The highest BCUT2D eigenvalue weighted by Crippen LogP contribution is 2.29. The molecule has 0 aliphatic heterocycles. The third-order valence-electron chi connectivity index (χ3n) is 3.56. The molecule has 0 heterocycles. The van der Waals surface area contributed by atoms with Crippen LogP contribution in [0.25, 0.3) is 5.70 Å². The minimum atomic E-state index is 0.385. The first-order chi connectivity index (χ1) is 11.7. The molecule has 0 aromatic heterocycles. The minimum absolute atomic E-state index is 0.385. The molecule has 1 aromatic rings. The Morgan fingerprint density at radius 2 is 1.84 bits per heavy atom. The molecular weight excluding hydrogens is 312 g/mol. The Morgan fingerprint density at radius 1 is 1.20 bits per heavy atom. The first-order valence-corrected chi connectivity index (χ1v) is 7.99. The molecule has 0 unspecified atom stereocenters. The molecule has 0 saturated heterocycles. The van der Waals surface area contributed by atoms with Gasteiger partial charge in [-0.1, -0.05) is 18.7 Å². The van der Waals surface area contributed by atoms with E-state index in [9.17, 15) is 0 Å². The van der Waals surface area contributed by atoms with E-state index in [1.165, 1.54) is 5.01 Å². The van der Waals surface area contributed by atoms with E-state index in [4.69, 9.17) is 10.5 Å². The number of nitrogens with two attached hydrogens (primary N) is 1. The number of benzene rings is 1. The van der Waals surface area contributed by atoms with Gasteiger partial charge in [0.15, 0.2) is 0 Å². The lowest BCUT2D eigenvalue weighted by atomic mass is 10.0. The number of nitrogens with zero attached hydrogens (tertiary/aromatic N) is 3. The molecule has 25 heavy (non-hydrogen) atoms. The van der Waals surface area contributed by atoms with Crippen molar-refractivity contribution < 1.29 is 4.74 Å². The summed E-state index contributed by atoms with van der Waals surface area (Å²) in [5.41, 5.74) is 10.6. The van der Waals surface area contributed by atoms with Crippen LogP contribution in [0.1, 0.15) is 37.5 Å². The number of hydrazone groups is 1. The van der Waals surface area contributed by atoms with Gasteiger partial charge in [0.05, 0.1) is 12.8 Å². The second kappa shape index (κ2) is 8.87. The average Bonchev–Trinajstić information content (AvgIpc) is 2.53. The van der Waals surface area contributed by atoms with Gasteiger partial charge in [-0.3, -0.25) is 0 Å². The first-order valence-electron chi connectivity index (χ1n) is 7.99. The maximum atomic E-state index is 5.77. The number of methoxy groups -OCH3 is 1. The maximum absolute atomic E-state index is 5.77. The van der Waals surface area contributed by atoms with Crippen molar-refractivity contribution in [3.05, 3.63) is 59.5 Å². The van der Waals surface area contributed by atoms with Crippen LogP contribution in [0.3, 0.4) is 0 Å². The summed E-state index contributed by atoms with van der Waals surface area (Å²) >= 11 is 0. The van der Waals surface area contributed by atoms with Gasteiger partial charge in [0.1, 0.15) is 17.4 Å². The standard InChI is InChI=1S/C20H28N4O/c1-13(2)9-10-22-18(7)24(23-17(6)21)16(5)19-11-14(3)15(4)20(12-19)25-8/h9-12H,5,7H2,1-4,6,8H3,(H2,21,23). The van der Waals surface area contributed by atoms with E-state index < -0.39 is 0 Å². The molecule has 0 atom stereocenters. The Bertz CT molecular complexity index is 749. The van der Waals surface area contributed by atoms with Gasteiger partial charge in [0, 0.05) is 11.8 Å². The van der Waals surface area contributed by atoms with E-state index in [1.807, 2.05) is 45.9 Å². The predicted molar refractivity (Wildman–Crippen MR) is 108 cm³/mol. The lowest BCUT2D eigenvalue weighted by Crippen LogP contribution is -2.19. The molecule has 5 heteroatoms. The Kier molecular flexibility index (Phi) is 7.18. The average molecular weight is 340 g/mol. The van der Waals surface area contributed by atoms with Crippen molar-refractivity contribution in [1.82, 2.24) is 5.01 Å². The molecule has 1 aromatic carbocycles. The summed E-state index contributed by atoms with van der Waals surface area (Å²) in [6.07, 6.45) is 3.57. The van der Waals surface area contributed by atoms with E-state index in [1.54, 1.807) is 20.2 Å². The number of ether oxygens (including phenoxy) is 1. The topological polar surface area (TPSA) is 63.2 Å². The molecule has 0 spiro atoms. The molecule has 134 valence electrons. The van der Waals surface area contributed by atoms with Gasteiger partial charge in [-0.05, 0) is 64.0 Å². The molecule has 5 nitrogen and oxygen atoms in total. The number of aliphatic imine (C=N–C) groups is 1. The van der Waals surface area contributed by atoms with Crippen LogP contribution >= 0.6 is 0 Å². The predicted octanol–water partition coefficient (Wildman–Crippen LogP) is 4.39. The fraction of sp³-hybridized carbons (Fsp3) is 0.300. The molecule has 1 rings (SSSR count). The largest absolute Gasteiger partial charge is 0.496 e. The van der Waals surface area contributed by atoms with Crippen LogP contribution in [0.2, 0.25) is 0 Å². The summed E-state index contributed by atoms with van der Waals surface area (Å²) in [5, 5.41) is 5.85. The summed E-state index contributed by atoms with van der Waals surface area (Å²) in [6, 6.07) is 3.95. The molecule has 0 bridgehead atoms. The highest BCUT2D eigenvalue weighted by molar-refractivity contribution is 5.79. The van der Waals surface area contributed by atoms with Crippen molar-refractivity contribution in [3.8, 4) is 5.75 Å².